The maximum Gasteiger partial charge on any atom is 0.407 e. The number of hydrogen-bond acceptors (Lipinski definition) is 4. The fourth-order valence-corrected chi connectivity index (χ4v) is 1.95. The van der Waals surface area contributed by atoms with E-state index in [0.29, 0.717) is 18.7 Å². The van der Waals surface area contributed by atoms with Crippen LogP contribution in [0.1, 0.15) is 50.0 Å². The minimum atomic E-state index is -0.502. The van der Waals surface area contributed by atoms with E-state index in [2.05, 4.69) is 10.6 Å². The van der Waals surface area contributed by atoms with Crippen molar-refractivity contribution in [1.82, 2.24) is 10.6 Å². The summed E-state index contributed by atoms with van der Waals surface area (Å²) >= 11 is 0. The minimum Gasteiger partial charge on any atom is -0.444 e. The zero-order chi connectivity index (χ0) is 17.5. The van der Waals surface area contributed by atoms with Gasteiger partial charge in [-0.3, -0.25) is 4.79 Å². The highest BCUT2D eigenvalue weighted by Crippen LogP contribution is 2.07. The fourth-order valence-electron chi connectivity index (χ4n) is 1.95. The van der Waals surface area contributed by atoms with Gasteiger partial charge in [0.2, 0.25) is 5.91 Å². The lowest BCUT2D eigenvalue weighted by atomic mass is 10.1. The molecule has 0 aliphatic rings. The fraction of sp³-hybridized carbons (Fsp3) is 0.529. The average molecular weight is 321 g/mol. The number of amides is 2. The van der Waals surface area contributed by atoms with E-state index >= 15 is 0 Å². The van der Waals surface area contributed by atoms with Crippen LogP contribution in [0.3, 0.4) is 0 Å². The van der Waals surface area contributed by atoms with Crippen LogP contribution in [0, 0.1) is 0 Å². The first-order valence-electron chi connectivity index (χ1n) is 7.80. The number of nitrogens with two attached hydrogens (primary N) is 1. The predicted molar refractivity (Wildman–Crippen MR) is 90.1 cm³/mol. The number of hydrogen-bond donors (Lipinski definition) is 3. The molecule has 2 amide bonds. The second-order valence-electron chi connectivity index (χ2n) is 6.44. The molecule has 23 heavy (non-hydrogen) atoms. The Bertz CT molecular complexity index is 521. The van der Waals surface area contributed by atoms with Gasteiger partial charge in [0, 0.05) is 24.7 Å². The van der Waals surface area contributed by atoms with Gasteiger partial charge in [0.1, 0.15) is 5.60 Å². The van der Waals surface area contributed by atoms with E-state index in [-0.39, 0.29) is 6.04 Å². The molecule has 128 valence electrons. The number of carbonyl (C=O) groups is 2. The molecule has 1 unspecified atom stereocenters. The molecule has 0 saturated heterocycles. The zero-order valence-corrected chi connectivity index (χ0v) is 14.3. The van der Waals surface area contributed by atoms with Crippen molar-refractivity contribution in [2.24, 2.45) is 5.73 Å². The molecule has 0 aliphatic heterocycles. The molecule has 1 rings (SSSR count). The molecule has 0 heterocycles. The Morgan fingerprint density at radius 2 is 1.83 bits per heavy atom. The predicted octanol–water partition coefficient (Wildman–Crippen LogP) is 2.18. The van der Waals surface area contributed by atoms with Crippen LogP contribution in [-0.4, -0.2) is 30.2 Å². The van der Waals surface area contributed by atoms with Gasteiger partial charge in [-0.2, -0.15) is 0 Å². The van der Waals surface area contributed by atoms with Crippen molar-refractivity contribution in [2.45, 2.75) is 52.3 Å². The third-order valence-electron chi connectivity index (χ3n) is 3.17. The number of ether oxygens (including phenoxy) is 1. The molecule has 6 heteroatoms. The third kappa shape index (κ3) is 7.65. The Balaban J connectivity index is 2.39. The van der Waals surface area contributed by atoms with E-state index in [0.717, 1.165) is 12.0 Å². The van der Waals surface area contributed by atoms with Gasteiger partial charge < -0.3 is 21.1 Å². The topological polar surface area (TPSA) is 93.5 Å². The summed E-state index contributed by atoms with van der Waals surface area (Å²) in [5.74, 6) is -0.433. The van der Waals surface area contributed by atoms with E-state index < -0.39 is 17.6 Å². The summed E-state index contributed by atoms with van der Waals surface area (Å²) in [6.45, 7) is 8.79. The first-order chi connectivity index (χ1) is 10.7. The summed E-state index contributed by atoms with van der Waals surface area (Å²) in [4.78, 5) is 22.8. The zero-order valence-electron chi connectivity index (χ0n) is 14.3. The highest BCUT2D eigenvalue weighted by atomic mass is 16.6. The van der Waals surface area contributed by atoms with Crippen LogP contribution in [-0.2, 0) is 11.3 Å². The third-order valence-corrected chi connectivity index (χ3v) is 3.17. The smallest absolute Gasteiger partial charge is 0.407 e. The van der Waals surface area contributed by atoms with Gasteiger partial charge in [0.25, 0.3) is 0 Å². The molecule has 4 N–H and O–H groups in total. The van der Waals surface area contributed by atoms with E-state index in [9.17, 15) is 9.59 Å². The number of rotatable bonds is 7. The Labute approximate surface area is 137 Å². The molecule has 0 aliphatic carbocycles. The van der Waals surface area contributed by atoms with E-state index in [1.165, 1.54) is 0 Å². The highest BCUT2D eigenvalue weighted by Gasteiger charge is 2.18. The van der Waals surface area contributed by atoms with Crippen molar-refractivity contribution in [2.75, 3.05) is 6.54 Å². The summed E-state index contributed by atoms with van der Waals surface area (Å²) < 4.78 is 5.25. The largest absolute Gasteiger partial charge is 0.444 e. The standard InChI is InChI=1S/C17H27N3O3/c1-5-14(20-16(22)23-17(2,3)4)11-19-10-12-6-8-13(9-7-12)15(18)21/h6-9,14,19H,5,10-11H2,1-4H3,(H2,18,21)(H,20,22). The van der Waals surface area contributed by atoms with Crippen LogP contribution in [0.2, 0.25) is 0 Å². The lowest BCUT2D eigenvalue weighted by Crippen LogP contribution is -2.43. The van der Waals surface area contributed by atoms with Gasteiger partial charge in [-0.05, 0) is 44.9 Å². The van der Waals surface area contributed by atoms with E-state index in [1.807, 2.05) is 39.8 Å². The van der Waals surface area contributed by atoms with Crippen molar-refractivity contribution in [3.8, 4) is 0 Å². The molecule has 6 nitrogen and oxygen atoms in total. The highest BCUT2D eigenvalue weighted by molar-refractivity contribution is 5.92. The van der Waals surface area contributed by atoms with Crippen LogP contribution in [0.25, 0.3) is 0 Å². The summed E-state index contributed by atoms with van der Waals surface area (Å²) in [5, 5.41) is 6.13. The SMILES string of the molecule is CCC(CNCc1ccc(C(N)=O)cc1)NC(=O)OC(C)(C)C. The van der Waals surface area contributed by atoms with Crippen LogP contribution in [0.15, 0.2) is 24.3 Å². The van der Waals surface area contributed by atoms with Crippen molar-refractivity contribution < 1.29 is 14.3 Å². The normalized spacial score (nSPS) is 12.5. The Morgan fingerprint density at radius 3 is 2.30 bits per heavy atom. The van der Waals surface area contributed by atoms with Gasteiger partial charge in [-0.15, -0.1) is 0 Å². The summed E-state index contributed by atoms with van der Waals surface area (Å²) in [7, 11) is 0. The minimum absolute atomic E-state index is 0.00487. The molecular formula is C17H27N3O3. The summed E-state index contributed by atoms with van der Waals surface area (Å²) in [5.41, 5.74) is 6.24. The number of nitrogens with one attached hydrogen (secondary N) is 2. The number of carbonyl (C=O) groups excluding carboxylic acids is 2. The van der Waals surface area contributed by atoms with Crippen molar-refractivity contribution >= 4 is 12.0 Å². The summed E-state index contributed by atoms with van der Waals surface area (Å²) in [6.07, 6.45) is 0.393. The van der Waals surface area contributed by atoms with Gasteiger partial charge in [0.05, 0.1) is 0 Å². The summed E-state index contributed by atoms with van der Waals surface area (Å²) in [6, 6.07) is 7.12. The van der Waals surface area contributed by atoms with Crippen LogP contribution < -0.4 is 16.4 Å². The molecule has 0 fully saturated rings. The van der Waals surface area contributed by atoms with E-state index in [1.54, 1.807) is 12.1 Å². The second-order valence-corrected chi connectivity index (χ2v) is 6.44. The molecular weight excluding hydrogens is 294 g/mol. The molecule has 0 saturated carbocycles. The van der Waals surface area contributed by atoms with E-state index in [4.69, 9.17) is 10.5 Å². The average Bonchev–Trinajstić information content (AvgIpc) is 2.44. The molecule has 1 atom stereocenters. The lowest BCUT2D eigenvalue weighted by molar-refractivity contribution is 0.0502. The number of benzene rings is 1. The van der Waals surface area contributed by atoms with Crippen LogP contribution in [0.5, 0.6) is 0 Å². The Hall–Kier alpha value is -2.08. The van der Waals surface area contributed by atoms with Gasteiger partial charge in [0.15, 0.2) is 0 Å². The number of alkyl carbamates (subject to hydrolysis) is 1. The number of primary amides is 1. The molecule has 0 aromatic heterocycles. The van der Waals surface area contributed by atoms with Crippen LogP contribution >= 0.6 is 0 Å². The first-order valence-corrected chi connectivity index (χ1v) is 7.80. The van der Waals surface area contributed by atoms with Crippen LogP contribution in [0.4, 0.5) is 4.79 Å². The van der Waals surface area contributed by atoms with Gasteiger partial charge >= 0.3 is 6.09 Å². The maximum absolute atomic E-state index is 11.8. The second kappa shape index (κ2) is 8.53. The lowest BCUT2D eigenvalue weighted by Gasteiger charge is -2.23. The molecule has 1 aromatic carbocycles. The quantitative estimate of drug-likeness (QED) is 0.717. The Morgan fingerprint density at radius 1 is 1.22 bits per heavy atom. The monoisotopic (exact) mass is 321 g/mol. The van der Waals surface area contributed by atoms with Crippen molar-refractivity contribution in [3.05, 3.63) is 35.4 Å². The van der Waals surface area contributed by atoms with Crippen molar-refractivity contribution in [1.29, 1.82) is 0 Å². The molecule has 0 spiro atoms. The Kier molecular flexibility index (Phi) is 7.03. The van der Waals surface area contributed by atoms with Gasteiger partial charge in [-0.25, -0.2) is 4.79 Å². The first kappa shape index (κ1) is 19.0. The molecule has 1 aromatic rings. The molecule has 0 radical (unpaired) electrons. The van der Waals surface area contributed by atoms with Crippen molar-refractivity contribution in [3.63, 3.8) is 0 Å². The maximum atomic E-state index is 11.8. The van der Waals surface area contributed by atoms with Gasteiger partial charge in [-0.1, -0.05) is 19.1 Å². The molecule has 0 bridgehead atoms.